The van der Waals surface area contributed by atoms with Gasteiger partial charge in [-0.15, -0.1) is 0 Å². The van der Waals surface area contributed by atoms with Gasteiger partial charge in [0.15, 0.2) is 8.32 Å². The third-order valence-corrected chi connectivity index (χ3v) is 8.63. The lowest BCUT2D eigenvalue weighted by Crippen LogP contribution is -2.41. The summed E-state index contributed by atoms with van der Waals surface area (Å²) in [5, 5.41) is 0.310. The Morgan fingerprint density at radius 3 is 2.29 bits per heavy atom. The molecule has 0 aliphatic heterocycles. The zero-order valence-corrected chi connectivity index (χ0v) is 15.7. The van der Waals surface area contributed by atoms with Gasteiger partial charge >= 0.3 is 0 Å². The van der Waals surface area contributed by atoms with Crippen molar-refractivity contribution in [1.82, 2.24) is 0 Å². The Kier molecular flexibility index (Phi) is 7.57. The molecule has 102 valence electrons. The summed E-state index contributed by atoms with van der Waals surface area (Å²) in [7, 11) is -1.57. The maximum absolute atomic E-state index is 6.18. The summed E-state index contributed by atoms with van der Waals surface area (Å²) in [5.74, 6) is 0. The fourth-order valence-electron chi connectivity index (χ4n) is 1.13. The van der Waals surface area contributed by atoms with Crippen molar-refractivity contribution in [1.29, 1.82) is 0 Å². The molecule has 0 aromatic carbocycles. The van der Waals surface area contributed by atoms with Gasteiger partial charge in [0.25, 0.3) is 0 Å². The summed E-state index contributed by atoms with van der Waals surface area (Å²) < 4.78 is 6.94. The van der Waals surface area contributed by atoms with E-state index in [1.807, 2.05) is 0 Å². The molecule has 0 spiro atoms. The van der Waals surface area contributed by atoms with E-state index in [1.54, 1.807) is 0 Å². The lowest BCUT2D eigenvalue weighted by Gasteiger charge is -2.36. The van der Waals surface area contributed by atoms with Crippen LogP contribution in [0.4, 0.5) is 0 Å². The minimum atomic E-state index is -1.57. The second-order valence-corrected chi connectivity index (χ2v) is 13.4. The average molecular weight is 368 g/mol. The Bertz CT molecular complexity index is 251. The summed E-state index contributed by atoms with van der Waals surface area (Å²) in [4.78, 5) is 0. The lowest BCUT2D eigenvalue weighted by molar-refractivity contribution is 0.318. The van der Waals surface area contributed by atoms with Crippen LogP contribution < -0.4 is 0 Å². The second-order valence-electron chi connectivity index (χ2n) is 6.46. The maximum atomic E-state index is 6.18. The highest BCUT2D eigenvalue weighted by molar-refractivity contribution is 14.1. The number of rotatable bonds is 6. The van der Waals surface area contributed by atoms with Crippen molar-refractivity contribution >= 4 is 30.9 Å². The van der Waals surface area contributed by atoms with Crippen LogP contribution >= 0.6 is 22.6 Å². The smallest absolute Gasteiger partial charge is 0.192 e. The van der Waals surface area contributed by atoms with Gasteiger partial charge in [0.05, 0.1) is 6.61 Å². The monoisotopic (exact) mass is 368 g/mol. The van der Waals surface area contributed by atoms with Crippen LogP contribution in [0.25, 0.3) is 0 Å². The number of allylic oxidation sites excluding steroid dienone is 1. The Morgan fingerprint density at radius 1 is 1.35 bits per heavy atom. The van der Waals surface area contributed by atoms with E-state index in [1.165, 1.54) is 18.4 Å². The molecule has 0 amide bonds. The van der Waals surface area contributed by atoms with Gasteiger partial charge in [-0.3, -0.25) is 0 Å². The third-order valence-electron chi connectivity index (χ3n) is 3.52. The largest absolute Gasteiger partial charge is 0.413 e. The molecule has 0 aromatic heterocycles. The van der Waals surface area contributed by atoms with Crippen LogP contribution in [-0.4, -0.2) is 18.8 Å². The molecule has 1 nitrogen and oxygen atoms in total. The highest BCUT2D eigenvalue weighted by Gasteiger charge is 2.36. The van der Waals surface area contributed by atoms with Crippen LogP contribution in [0.3, 0.4) is 0 Å². The van der Waals surface area contributed by atoms with Crippen LogP contribution in [-0.2, 0) is 4.43 Å². The van der Waals surface area contributed by atoms with Gasteiger partial charge in [0.2, 0.25) is 0 Å². The number of alkyl halides is 1. The van der Waals surface area contributed by atoms with Crippen molar-refractivity contribution in [2.75, 3.05) is 6.61 Å². The van der Waals surface area contributed by atoms with Crippen LogP contribution in [0.5, 0.6) is 0 Å². The van der Waals surface area contributed by atoms with Crippen molar-refractivity contribution in [3.05, 3.63) is 11.6 Å². The molecular formula is C14H29IOSi. The predicted octanol–water partition coefficient (Wildman–Crippen LogP) is 5.56. The van der Waals surface area contributed by atoms with Gasteiger partial charge in [0.1, 0.15) is 0 Å². The molecule has 0 saturated heterocycles. The first-order chi connectivity index (χ1) is 7.56. The highest BCUT2D eigenvalue weighted by Crippen LogP contribution is 2.36. The summed E-state index contributed by atoms with van der Waals surface area (Å²) in [5.41, 5.74) is 1.38. The van der Waals surface area contributed by atoms with Gasteiger partial charge in [-0.25, -0.2) is 0 Å². The third kappa shape index (κ3) is 7.62. The summed E-state index contributed by atoms with van der Waals surface area (Å²) in [6.07, 6.45) is 4.77. The first-order valence-corrected chi connectivity index (χ1v) is 10.7. The van der Waals surface area contributed by atoms with E-state index in [2.05, 4.69) is 76.4 Å². The molecular weight excluding hydrogens is 339 g/mol. The van der Waals surface area contributed by atoms with Crippen LogP contribution in [0.1, 0.15) is 47.5 Å². The summed E-state index contributed by atoms with van der Waals surface area (Å²) >= 11 is 2.48. The van der Waals surface area contributed by atoms with E-state index in [0.29, 0.717) is 5.04 Å². The first-order valence-electron chi connectivity index (χ1n) is 6.50. The molecule has 0 bridgehead atoms. The quantitative estimate of drug-likeness (QED) is 0.258. The Hall–Kier alpha value is 0.647. The molecule has 3 heteroatoms. The van der Waals surface area contributed by atoms with Gasteiger partial charge in [-0.2, -0.15) is 0 Å². The van der Waals surface area contributed by atoms with Gasteiger partial charge in [-0.05, 0) is 37.9 Å². The molecule has 17 heavy (non-hydrogen) atoms. The van der Waals surface area contributed by atoms with Gasteiger partial charge in [0, 0.05) is 3.92 Å². The Morgan fingerprint density at radius 2 is 1.88 bits per heavy atom. The molecule has 0 fully saturated rings. The van der Waals surface area contributed by atoms with Gasteiger partial charge < -0.3 is 4.43 Å². The molecule has 0 aliphatic rings. The fraction of sp³-hybridized carbons (Fsp3) is 0.857. The minimum absolute atomic E-state index is 0.310. The molecule has 0 aromatic rings. The number of hydrogen-bond acceptors (Lipinski definition) is 1. The van der Waals surface area contributed by atoms with E-state index < -0.39 is 8.32 Å². The number of hydrogen-bond donors (Lipinski definition) is 0. The van der Waals surface area contributed by atoms with Crippen LogP contribution in [0.15, 0.2) is 11.6 Å². The second kappa shape index (κ2) is 7.29. The fourth-order valence-corrected chi connectivity index (χ4v) is 2.51. The Balaban J connectivity index is 4.11. The predicted molar refractivity (Wildman–Crippen MR) is 89.6 cm³/mol. The molecule has 0 radical (unpaired) electrons. The minimum Gasteiger partial charge on any atom is -0.413 e. The first kappa shape index (κ1) is 17.6. The van der Waals surface area contributed by atoms with E-state index in [4.69, 9.17) is 4.43 Å². The molecule has 0 saturated carbocycles. The zero-order valence-electron chi connectivity index (χ0n) is 12.6. The molecule has 0 rings (SSSR count). The molecule has 0 N–H and O–H groups in total. The van der Waals surface area contributed by atoms with Gasteiger partial charge in [-0.1, -0.05) is 61.9 Å². The van der Waals surface area contributed by atoms with E-state index in [0.717, 1.165) is 10.5 Å². The van der Waals surface area contributed by atoms with Crippen LogP contribution in [0, 0.1) is 0 Å². The number of halogens is 1. The van der Waals surface area contributed by atoms with Crippen molar-refractivity contribution in [2.24, 2.45) is 0 Å². The zero-order chi connectivity index (χ0) is 13.7. The SMILES string of the molecule is C/C(=C\CC[C@@H](C)I)CO[Si](C)(C)C(C)(C)C. The standard InChI is InChI=1S/C14H29IOSi/c1-12(9-8-10-13(2)15)11-16-17(6,7)14(3,4)5/h9,13H,8,10-11H2,1-7H3/b12-9+/t13-/m1/s1. The molecule has 0 unspecified atom stereocenters. The Labute approximate surface area is 123 Å². The van der Waals surface area contributed by atoms with E-state index in [9.17, 15) is 0 Å². The maximum Gasteiger partial charge on any atom is 0.192 e. The van der Waals surface area contributed by atoms with E-state index in [-0.39, 0.29) is 0 Å². The van der Waals surface area contributed by atoms with Crippen molar-refractivity contribution in [3.8, 4) is 0 Å². The topological polar surface area (TPSA) is 9.23 Å². The van der Waals surface area contributed by atoms with E-state index >= 15 is 0 Å². The summed E-state index contributed by atoms with van der Waals surface area (Å²) in [6, 6.07) is 0. The molecule has 0 heterocycles. The highest BCUT2D eigenvalue weighted by atomic mass is 127. The normalized spacial score (nSPS) is 16.1. The lowest BCUT2D eigenvalue weighted by atomic mass is 10.2. The summed E-state index contributed by atoms with van der Waals surface area (Å²) in [6.45, 7) is 16.7. The van der Waals surface area contributed by atoms with Crippen molar-refractivity contribution < 1.29 is 4.43 Å². The van der Waals surface area contributed by atoms with Crippen molar-refractivity contribution in [3.63, 3.8) is 0 Å². The van der Waals surface area contributed by atoms with Crippen LogP contribution in [0.2, 0.25) is 18.1 Å². The average Bonchev–Trinajstić information content (AvgIpc) is 2.12. The van der Waals surface area contributed by atoms with Crippen molar-refractivity contribution in [2.45, 2.75) is 69.5 Å². The molecule has 0 aliphatic carbocycles. The molecule has 1 atom stereocenters.